The molecule has 0 saturated carbocycles. The van der Waals surface area contributed by atoms with Crippen LogP contribution in [0.15, 0.2) is 36.9 Å². The average Bonchev–Trinajstić information content (AvgIpc) is 2.17. The van der Waals surface area contributed by atoms with Crippen LogP contribution in [-0.4, -0.2) is 5.97 Å². The molecule has 0 aliphatic carbocycles. The maximum atomic E-state index is 11.1. The third-order valence-electron chi connectivity index (χ3n) is 2.27. The zero-order valence-corrected chi connectivity index (χ0v) is 9.41. The number of benzene rings is 1. The number of carbonyl (C=O) groups is 1. The Morgan fingerprint density at radius 3 is 2.33 bits per heavy atom. The van der Waals surface area contributed by atoms with Crippen molar-refractivity contribution in [3.05, 3.63) is 48.0 Å². The van der Waals surface area contributed by atoms with Crippen LogP contribution < -0.4 is 0 Å². The highest BCUT2D eigenvalue weighted by Crippen LogP contribution is 2.25. The van der Waals surface area contributed by atoms with Gasteiger partial charge in [-0.1, -0.05) is 36.4 Å². The van der Waals surface area contributed by atoms with Gasteiger partial charge in [0.25, 0.3) is 0 Å². The highest BCUT2D eigenvalue weighted by molar-refractivity contribution is 5.81. The lowest BCUT2D eigenvalue weighted by Gasteiger charge is -2.25. The maximum absolute atomic E-state index is 11.1. The van der Waals surface area contributed by atoms with E-state index in [1.165, 1.54) is 11.6 Å². The zero-order chi connectivity index (χ0) is 11.5. The van der Waals surface area contributed by atoms with Crippen molar-refractivity contribution in [2.24, 2.45) is 0 Å². The van der Waals surface area contributed by atoms with E-state index in [2.05, 4.69) is 6.58 Å². The highest BCUT2D eigenvalue weighted by atomic mass is 16.6. The van der Waals surface area contributed by atoms with Crippen molar-refractivity contribution in [2.75, 3.05) is 0 Å². The van der Waals surface area contributed by atoms with Crippen LogP contribution in [0.2, 0.25) is 0 Å². The largest absolute Gasteiger partial charge is 0.452 e. The van der Waals surface area contributed by atoms with Gasteiger partial charge in [0.15, 0.2) is 0 Å². The summed E-state index contributed by atoms with van der Waals surface area (Å²) in [5, 5.41) is 0. The summed E-state index contributed by atoms with van der Waals surface area (Å²) in [6, 6.07) is 7.93. The Balaban J connectivity index is 2.89. The molecule has 15 heavy (non-hydrogen) atoms. The van der Waals surface area contributed by atoms with Gasteiger partial charge >= 0.3 is 5.97 Å². The van der Waals surface area contributed by atoms with Crippen molar-refractivity contribution in [1.29, 1.82) is 0 Å². The molecule has 0 atom stereocenters. The Kier molecular flexibility index (Phi) is 3.30. The third-order valence-corrected chi connectivity index (χ3v) is 2.27. The van der Waals surface area contributed by atoms with Crippen LogP contribution in [0.5, 0.6) is 0 Å². The van der Waals surface area contributed by atoms with Crippen LogP contribution in [0.4, 0.5) is 0 Å². The van der Waals surface area contributed by atoms with E-state index in [-0.39, 0.29) is 0 Å². The van der Waals surface area contributed by atoms with Gasteiger partial charge in [0.1, 0.15) is 5.60 Å². The molecular weight excluding hydrogens is 188 g/mol. The number of ether oxygens (including phenoxy) is 1. The summed E-state index contributed by atoms with van der Waals surface area (Å²) in [4.78, 5) is 11.1. The first-order valence-corrected chi connectivity index (χ1v) is 4.88. The number of aryl methyl sites for hydroxylation is 1. The summed E-state index contributed by atoms with van der Waals surface area (Å²) in [5.74, 6) is -0.402. The van der Waals surface area contributed by atoms with E-state index in [0.717, 1.165) is 5.56 Å². The van der Waals surface area contributed by atoms with Crippen molar-refractivity contribution < 1.29 is 9.53 Å². The molecule has 0 heterocycles. The predicted molar refractivity (Wildman–Crippen MR) is 60.5 cm³/mol. The van der Waals surface area contributed by atoms with E-state index in [1.807, 2.05) is 45.0 Å². The van der Waals surface area contributed by atoms with Crippen molar-refractivity contribution in [2.45, 2.75) is 26.4 Å². The minimum absolute atomic E-state index is 0.402. The Labute approximate surface area is 90.6 Å². The molecule has 1 aromatic carbocycles. The third kappa shape index (κ3) is 2.94. The van der Waals surface area contributed by atoms with Crippen molar-refractivity contribution in [3.63, 3.8) is 0 Å². The van der Waals surface area contributed by atoms with Gasteiger partial charge in [-0.2, -0.15) is 0 Å². The molecule has 1 aromatic rings. The fourth-order valence-electron chi connectivity index (χ4n) is 1.31. The lowest BCUT2D eigenvalue weighted by molar-refractivity contribution is -0.151. The molecule has 0 unspecified atom stereocenters. The molecule has 0 amide bonds. The van der Waals surface area contributed by atoms with Crippen LogP contribution in [0.3, 0.4) is 0 Å². The number of rotatable bonds is 3. The number of hydrogen-bond donors (Lipinski definition) is 0. The van der Waals surface area contributed by atoms with E-state index in [1.54, 1.807) is 0 Å². The van der Waals surface area contributed by atoms with E-state index in [4.69, 9.17) is 4.74 Å². The summed E-state index contributed by atoms with van der Waals surface area (Å²) < 4.78 is 5.26. The molecule has 0 aliphatic rings. The Morgan fingerprint density at radius 2 is 1.87 bits per heavy atom. The van der Waals surface area contributed by atoms with E-state index in [9.17, 15) is 4.79 Å². The molecule has 0 aromatic heterocycles. The van der Waals surface area contributed by atoms with Crippen LogP contribution in [0.25, 0.3) is 0 Å². The molecule has 0 bridgehead atoms. The Morgan fingerprint density at radius 1 is 1.33 bits per heavy atom. The molecule has 0 saturated heterocycles. The molecule has 0 aliphatic heterocycles. The molecule has 0 fully saturated rings. The predicted octanol–water partition coefficient (Wildman–Crippen LogP) is 2.96. The minimum Gasteiger partial charge on any atom is -0.452 e. The van der Waals surface area contributed by atoms with Gasteiger partial charge in [-0.05, 0) is 26.3 Å². The molecular formula is C13H16O2. The van der Waals surface area contributed by atoms with Gasteiger partial charge in [-0.15, -0.1) is 0 Å². The summed E-state index contributed by atoms with van der Waals surface area (Å²) in [6.45, 7) is 9.12. The highest BCUT2D eigenvalue weighted by Gasteiger charge is 2.23. The van der Waals surface area contributed by atoms with Gasteiger partial charge < -0.3 is 4.74 Å². The fourth-order valence-corrected chi connectivity index (χ4v) is 1.31. The summed E-state index contributed by atoms with van der Waals surface area (Å²) >= 11 is 0. The van der Waals surface area contributed by atoms with E-state index < -0.39 is 11.6 Å². The smallest absolute Gasteiger partial charge is 0.331 e. The van der Waals surface area contributed by atoms with E-state index >= 15 is 0 Å². The fraction of sp³-hybridized carbons (Fsp3) is 0.308. The molecule has 2 nitrogen and oxygen atoms in total. The monoisotopic (exact) mass is 204 g/mol. The van der Waals surface area contributed by atoms with Crippen molar-refractivity contribution in [1.82, 2.24) is 0 Å². The van der Waals surface area contributed by atoms with Crippen LogP contribution in [0, 0.1) is 6.92 Å². The molecule has 80 valence electrons. The summed E-state index contributed by atoms with van der Waals surface area (Å²) in [7, 11) is 0. The van der Waals surface area contributed by atoms with Gasteiger partial charge in [0, 0.05) is 6.08 Å². The van der Waals surface area contributed by atoms with Crippen molar-refractivity contribution >= 4 is 5.97 Å². The van der Waals surface area contributed by atoms with Crippen LogP contribution >= 0.6 is 0 Å². The first-order valence-electron chi connectivity index (χ1n) is 4.88. The lowest BCUT2D eigenvalue weighted by Crippen LogP contribution is -2.24. The number of hydrogen-bond acceptors (Lipinski definition) is 2. The van der Waals surface area contributed by atoms with Gasteiger partial charge in [-0.3, -0.25) is 0 Å². The molecule has 1 rings (SSSR count). The molecule has 0 spiro atoms. The van der Waals surface area contributed by atoms with Gasteiger partial charge in [0.05, 0.1) is 0 Å². The topological polar surface area (TPSA) is 26.3 Å². The van der Waals surface area contributed by atoms with Crippen LogP contribution in [-0.2, 0) is 15.1 Å². The standard InChI is InChI=1S/C13H16O2/c1-5-12(14)15-13(3,4)11-8-6-10(2)7-9-11/h5-9H,1H2,2-4H3. The maximum Gasteiger partial charge on any atom is 0.331 e. The van der Waals surface area contributed by atoms with Gasteiger partial charge in [0.2, 0.25) is 0 Å². The second kappa shape index (κ2) is 4.30. The Bertz CT molecular complexity index is 361. The molecule has 0 N–H and O–H groups in total. The minimum atomic E-state index is -0.612. The first kappa shape index (κ1) is 11.5. The van der Waals surface area contributed by atoms with Gasteiger partial charge in [-0.25, -0.2) is 4.79 Å². The summed E-state index contributed by atoms with van der Waals surface area (Å²) in [6.07, 6.45) is 1.18. The first-order chi connectivity index (χ1) is 6.95. The lowest BCUT2D eigenvalue weighted by atomic mass is 9.97. The second-order valence-corrected chi connectivity index (χ2v) is 4.00. The summed E-state index contributed by atoms with van der Waals surface area (Å²) in [5.41, 5.74) is 1.55. The Hall–Kier alpha value is -1.57. The van der Waals surface area contributed by atoms with Crippen molar-refractivity contribution in [3.8, 4) is 0 Å². The second-order valence-electron chi connectivity index (χ2n) is 4.00. The normalized spacial score (nSPS) is 10.9. The zero-order valence-electron chi connectivity index (χ0n) is 9.41. The number of carbonyl (C=O) groups excluding carboxylic acids is 1. The number of esters is 1. The molecule has 0 radical (unpaired) electrons. The SMILES string of the molecule is C=CC(=O)OC(C)(C)c1ccc(C)cc1. The quantitative estimate of drug-likeness (QED) is 0.559. The van der Waals surface area contributed by atoms with Crippen LogP contribution in [0.1, 0.15) is 25.0 Å². The molecule has 2 heteroatoms. The average molecular weight is 204 g/mol. The van der Waals surface area contributed by atoms with E-state index in [0.29, 0.717) is 0 Å².